The van der Waals surface area contributed by atoms with Crippen LogP contribution in [0.1, 0.15) is 48.3 Å². The molecule has 0 saturated carbocycles. The lowest BCUT2D eigenvalue weighted by atomic mass is 9.87. The Kier molecular flexibility index (Phi) is 6.82. The number of amides is 1. The molecule has 0 saturated heterocycles. The molecule has 0 fully saturated rings. The van der Waals surface area contributed by atoms with Crippen LogP contribution in [0.15, 0.2) is 23.5 Å². The second kappa shape index (κ2) is 9.92. The third-order valence-corrected chi connectivity index (χ3v) is 7.81. The summed E-state index contributed by atoms with van der Waals surface area (Å²) in [6.07, 6.45) is -0.244. The number of aliphatic imine (C=N–C) groups is 1. The highest BCUT2D eigenvalue weighted by atomic mass is 32.1. The first-order valence-electron chi connectivity index (χ1n) is 12.3. The van der Waals surface area contributed by atoms with Gasteiger partial charge in [0.1, 0.15) is 22.7 Å². The van der Waals surface area contributed by atoms with Gasteiger partial charge in [0.25, 0.3) is 0 Å². The number of anilines is 2. The molecule has 0 unspecified atom stereocenters. The van der Waals surface area contributed by atoms with Crippen molar-refractivity contribution in [3.05, 3.63) is 40.0 Å². The van der Waals surface area contributed by atoms with Crippen LogP contribution in [-0.4, -0.2) is 52.9 Å². The molecule has 1 aliphatic carbocycles. The third kappa shape index (κ3) is 5.41. The number of ether oxygens (including phenoxy) is 1. The maximum Gasteiger partial charge on any atom is 0.390 e. The normalized spacial score (nSPS) is 16.7. The fourth-order valence-electron chi connectivity index (χ4n) is 4.85. The molecule has 0 radical (unpaired) electrons. The van der Waals surface area contributed by atoms with Gasteiger partial charge in [0.15, 0.2) is 0 Å². The van der Waals surface area contributed by atoms with Crippen molar-refractivity contribution in [1.82, 2.24) is 14.9 Å². The van der Waals surface area contributed by atoms with Gasteiger partial charge < -0.3 is 15.0 Å². The van der Waals surface area contributed by atoms with E-state index in [4.69, 9.17) is 4.74 Å². The molecule has 7 nitrogen and oxygen atoms in total. The molecule has 196 valence electrons. The summed E-state index contributed by atoms with van der Waals surface area (Å²) in [4.78, 5) is 29.3. The SMILES string of the molecule is CC(C)Oc1cc2c(cc1Nc1ncnc3sc4c(c13)CC[C@H](C(=O)N(C)CCC(F)(F)F)C4)C=NC2. The molecule has 3 heterocycles. The van der Waals surface area contributed by atoms with Gasteiger partial charge in [-0.05, 0) is 61.9 Å². The van der Waals surface area contributed by atoms with Gasteiger partial charge in [-0.15, -0.1) is 11.3 Å². The third-order valence-electron chi connectivity index (χ3n) is 6.65. The lowest BCUT2D eigenvalue weighted by Crippen LogP contribution is -2.37. The van der Waals surface area contributed by atoms with Crippen LogP contribution in [0.4, 0.5) is 24.7 Å². The van der Waals surface area contributed by atoms with Crippen molar-refractivity contribution in [2.75, 3.05) is 18.9 Å². The average molecular weight is 532 g/mol. The summed E-state index contributed by atoms with van der Waals surface area (Å²) in [6, 6.07) is 4.03. The number of benzene rings is 1. The van der Waals surface area contributed by atoms with Gasteiger partial charge in [0.2, 0.25) is 5.91 Å². The fraction of sp³-hybridized carbons (Fsp3) is 0.462. The molecule has 11 heteroatoms. The van der Waals surface area contributed by atoms with Crippen LogP contribution in [0.5, 0.6) is 5.75 Å². The molecule has 2 aromatic heterocycles. The Morgan fingerprint density at radius 2 is 2.11 bits per heavy atom. The van der Waals surface area contributed by atoms with Crippen LogP contribution in [-0.2, 0) is 24.2 Å². The summed E-state index contributed by atoms with van der Waals surface area (Å²) in [7, 11) is 1.44. The largest absolute Gasteiger partial charge is 0.489 e. The number of rotatable bonds is 7. The lowest BCUT2D eigenvalue weighted by molar-refractivity contribution is -0.146. The predicted molar refractivity (Wildman–Crippen MR) is 138 cm³/mol. The zero-order chi connectivity index (χ0) is 26.3. The van der Waals surface area contributed by atoms with E-state index in [0.717, 1.165) is 43.2 Å². The van der Waals surface area contributed by atoms with Crippen LogP contribution < -0.4 is 10.1 Å². The molecule has 3 aromatic rings. The van der Waals surface area contributed by atoms with E-state index < -0.39 is 12.6 Å². The molecule has 1 amide bonds. The number of aryl methyl sites for hydroxylation is 1. The molecule has 2 aliphatic rings. The summed E-state index contributed by atoms with van der Waals surface area (Å²) < 4.78 is 43.9. The van der Waals surface area contributed by atoms with E-state index in [1.165, 1.54) is 29.6 Å². The van der Waals surface area contributed by atoms with Crippen LogP contribution in [0, 0.1) is 5.92 Å². The molecule has 0 spiro atoms. The van der Waals surface area contributed by atoms with Crippen LogP contribution in [0.25, 0.3) is 10.2 Å². The summed E-state index contributed by atoms with van der Waals surface area (Å²) >= 11 is 1.52. The van der Waals surface area contributed by atoms with E-state index in [0.29, 0.717) is 31.6 Å². The quantitative estimate of drug-likeness (QED) is 0.425. The Bertz CT molecular complexity index is 1370. The van der Waals surface area contributed by atoms with E-state index in [9.17, 15) is 18.0 Å². The smallest absolute Gasteiger partial charge is 0.390 e. The van der Waals surface area contributed by atoms with Crippen LogP contribution in [0.2, 0.25) is 0 Å². The number of thiophene rings is 1. The fourth-order valence-corrected chi connectivity index (χ4v) is 6.11. The Hall–Kier alpha value is -3.21. The van der Waals surface area contributed by atoms with Crippen molar-refractivity contribution in [3.8, 4) is 5.75 Å². The molecule has 1 atom stereocenters. The number of carbonyl (C=O) groups excluding carboxylic acids is 1. The minimum absolute atomic E-state index is 0.0102. The summed E-state index contributed by atoms with van der Waals surface area (Å²) in [5.41, 5.74) is 4.03. The molecule has 5 rings (SSSR count). The number of carbonyl (C=O) groups is 1. The zero-order valence-electron chi connectivity index (χ0n) is 20.9. The minimum atomic E-state index is -4.28. The Morgan fingerprint density at radius 3 is 2.86 bits per heavy atom. The molecular formula is C26H28F3N5O2S. The first-order valence-corrected chi connectivity index (χ1v) is 13.1. The standard InChI is InChI=1S/C26H28F3N5O2S/c1-14(2)36-20-9-17-12-30-11-16(17)8-19(20)33-23-22-18-5-4-15(10-21(18)37-24(22)32-13-31-23)25(35)34(3)7-6-26(27,28)29/h8-9,11,13-15H,4-7,10,12H2,1-3H3,(H,31,32,33)/t15-/m0/s1. The van der Waals surface area contributed by atoms with Gasteiger partial charge in [0.05, 0.1) is 30.1 Å². The number of nitrogens with one attached hydrogen (secondary N) is 1. The van der Waals surface area contributed by atoms with Crippen molar-refractivity contribution in [2.24, 2.45) is 10.9 Å². The number of nitrogens with zero attached hydrogens (tertiary/aromatic N) is 4. The van der Waals surface area contributed by atoms with E-state index in [2.05, 4.69) is 20.3 Å². The van der Waals surface area contributed by atoms with E-state index in [-0.39, 0.29) is 24.5 Å². The second-order valence-electron chi connectivity index (χ2n) is 9.78. The summed E-state index contributed by atoms with van der Waals surface area (Å²) in [5.74, 6) is 0.804. The molecule has 37 heavy (non-hydrogen) atoms. The summed E-state index contributed by atoms with van der Waals surface area (Å²) in [6.45, 7) is 4.25. The first-order chi connectivity index (χ1) is 17.6. The van der Waals surface area contributed by atoms with E-state index in [1.807, 2.05) is 32.2 Å². The highest BCUT2D eigenvalue weighted by molar-refractivity contribution is 7.19. The minimum Gasteiger partial charge on any atom is -0.489 e. The number of halogens is 3. The molecule has 1 N–H and O–H groups in total. The Balaban J connectivity index is 1.41. The van der Waals surface area contributed by atoms with Crippen molar-refractivity contribution in [3.63, 3.8) is 0 Å². The van der Waals surface area contributed by atoms with Crippen molar-refractivity contribution >= 4 is 45.2 Å². The van der Waals surface area contributed by atoms with Crippen molar-refractivity contribution in [2.45, 2.75) is 58.4 Å². The molecule has 0 bridgehead atoms. The highest BCUT2D eigenvalue weighted by Gasteiger charge is 2.33. The number of alkyl halides is 3. The number of aromatic nitrogens is 2. The monoisotopic (exact) mass is 531 g/mol. The van der Waals surface area contributed by atoms with Crippen LogP contribution in [0.3, 0.4) is 0 Å². The van der Waals surface area contributed by atoms with Crippen LogP contribution >= 0.6 is 11.3 Å². The Labute approximate surface area is 216 Å². The molecule has 1 aromatic carbocycles. The highest BCUT2D eigenvalue weighted by Crippen LogP contribution is 2.42. The second-order valence-corrected chi connectivity index (χ2v) is 10.9. The maximum absolute atomic E-state index is 12.9. The van der Waals surface area contributed by atoms with E-state index in [1.54, 1.807) is 0 Å². The van der Waals surface area contributed by atoms with Gasteiger partial charge in [0, 0.05) is 30.6 Å². The summed E-state index contributed by atoms with van der Waals surface area (Å²) in [5, 5.41) is 4.38. The van der Waals surface area contributed by atoms with Crippen molar-refractivity contribution < 1.29 is 22.7 Å². The topological polar surface area (TPSA) is 79.7 Å². The van der Waals surface area contributed by atoms with Gasteiger partial charge >= 0.3 is 6.18 Å². The number of fused-ring (bicyclic) bond motifs is 4. The van der Waals surface area contributed by atoms with Gasteiger partial charge in [-0.25, -0.2) is 9.97 Å². The number of hydrogen-bond donors (Lipinski definition) is 1. The lowest BCUT2D eigenvalue weighted by Gasteiger charge is -2.27. The van der Waals surface area contributed by atoms with Gasteiger partial charge in [-0.3, -0.25) is 9.79 Å². The van der Waals surface area contributed by atoms with Gasteiger partial charge in [-0.1, -0.05) is 0 Å². The first kappa shape index (κ1) is 25.4. The maximum atomic E-state index is 12.9. The van der Waals surface area contributed by atoms with E-state index >= 15 is 0 Å². The molecule has 1 aliphatic heterocycles. The Morgan fingerprint density at radius 1 is 1.30 bits per heavy atom. The van der Waals surface area contributed by atoms with Gasteiger partial charge in [-0.2, -0.15) is 13.2 Å². The number of hydrogen-bond acceptors (Lipinski definition) is 7. The zero-order valence-corrected chi connectivity index (χ0v) is 21.7. The predicted octanol–water partition coefficient (Wildman–Crippen LogP) is 5.67. The van der Waals surface area contributed by atoms with Crippen molar-refractivity contribution in [1.29, 1.82) is 0 Å². The average Bonchev–Trinajstić information content (AvgIpc) is 3.45. The molecular weight excluding hydrogens is 503 g/mol.